The van der Waals surface area contributed by atoms with E-state index in [4.69, 9.17) is 11.6 Å². The molecule has 1 amide bonds. The average Bonchev–Trinajstić information content (AvgIpc) is 2.96. The molecule has 2 heterocycles. The summed E-state index contributed by atoms with van der Waals surface area (Å²) in [7, 11) is 0. The molecule has 1 N–H and O–H groups in total. The van der Waals surface area contributed by atoms with E-state index >= 15 is 0 Å². The van der Waals surface area contributed by atoms with Crippen molar-refractivity contribution in [2.24, 2.45) is 0 Å². The maximum absolute atomic E-state index is 12.4. The predicted octanol–water partition coefficient (Wildman–Crippen LogP) is 3.61. The van der Waals surface area contributed by atoms with Gasteiger partial charge in [0.05, 0.1) is 5.56 Å². The number of aromatic nitrogens is 3. The number of carbonyl (C=O) groups excluding carboxylic acids is 1. The van der Waals surface area contributed by atoms with Gasteiger partial charge in [0.15, 0.2) is 5.65 Å². The molecule has 124 valence electrons. The maximum Gasteiger partial charge on any atom is 0.253 e. The fourth-order valence-corrected chi connectivity index (χ4v) is 2.68. The summed E-state index contributed by atoms with van der Waals surface area (Å²) in [4.78, 5) is 12.4. The molecule has 3 aromatic rings. The number of nitrogens with one attached hydrogen (secondary N) is 1. The quantitative estimate of drug-likeness (QED) is 0.791. The SMILES string of the molecule is CC(C)(C)c1nnc2ccc(C(=O)NCc3cccc(Cl)c3)cn12. The summed E-state index contributed by atoms with van der Waals surface area (Å²) >= 11 is 5.96. The Balaban J connectivity index is 1.82. The Labute approximate surface area is 145 Å². The third-order valence-corrected chi connectivity index (χ3v) is 3.91. The highest BCUT2D eigenvalue weighted by Crippen LogP contribution is 2.21. The van der Waals surface area contributed by atoms with E-state index in [0.717, 1.165) is 17.0 Å². The van der Waals surface area contributed by atoms with Crippen LogP contribution in [0.2, 0.25) is 5.02 Å². The minimum absolute atomic E-state index is 0.148. The van der Waals surface area contributed by atoms with E-state index in [9.17, 15) is 4.79 Å². The monoisotopic (exact) mass is 342 g/mol. The maximum atomic E-state index is 12.4. The molecule has 0 aliphatic rings. The molecule has 0 unspecified atom stereocenters. The Kier molecular flexibility index (Phi) is 4.28. The van der Waals surface area contributed by atoms with Crippen molar-refractivity contribution in [3.05, 3.63) is 64.6 Å². The summed E-state index contributed by atoms with van der Waals surface area (Å²) in [6.07, 6.45) is 1.78. The summed E-state index contributed by atoms with van der Waals surface area (Å²) in [5.74, 6) is 0.674. The van der Waals surface area contributed by atoms with Gasteiger partial charge in [0.25, 0.3) is 5.91 Å². The lowest BCUT2D eigenvalue weighted by atomic mass is 9.96. The Morgan fingerprint density at radius 1 is 1.21 bits per heavy atom. The Morgan fingerprint density at radius 2 is 2.00 bits per heavy atom. The van der Waals surface area contributed by atoms with E-state index < -0.39 is 0 Å². The van der Waals surface area contributed by atoms with Crippen molar-refractivity contribution in [2.75, 3.05) is 0 Å². The molecule has 0 radical (unpaired) electrons. The number of nitrogens with zero attached hydrogens (tertiary/aromatic N) is 3. The van der Waals surface area contributed by atoms with Crippen LogP contribution in [-0.4, -0.2) is 20.5 Å². The molecule has 0 atom stereocenters. The first-order valence-corrected chi connectivity index (χ1v) is 8.10. The molecule has 0 bridgehead atoms. The summed E-state index contributed by atoms with van der Waals surface area (Å²) in [6.45, 7) is 6.62. The van der Waals surface area contributed by atoms with E-state index in [1.165, 1.54) is 0 Å². The molecule has 0 aliphatic heterocycles. The van der Waals surface area contributed by atoms with Gasteiger partial charge in [0, 0.05) is 23.2 Å². The van der Waals surface area contributed by atoms with Crippen LogP contribution >= 0.6 is 11.6 Å². The first-order valence-electron chi connectivity index (χ1n) is 7.72. The number of amides is 1. The molecule has 0 saturated heterocycles. The third kappa shape index (κ3) is 3.41. The highest BCUT2D eigenvalue weighted by atomic mass is 35.5. The van der Waals surface area contributed by atoms with E-state index in [0.29, 0.717) is 17.1 Å². The summed E-state index contributed by atoms with van der Waals surface area (Å²) in [5.41, 5.74) is 2.09. The number of rotatable bonds is 3. The fraction of sp³-hybridized carbons (Fsp3) is 0.278. The van der Waals surface area contributed by atoms with Crippen molar-refractivity contribution in [3.8, 4) is 0 Å². The van der Waals surface area contributed by atoms with Gasteiger partial charge >= 0.3 is 0 Å². The molecule has 0 saturated carbocycles. The topological polar surface area (TPSA) is 59.3 Å². The molecule has 1 aromatic carbocycles. The minimum atomic E-state index is -0.157. The van der Waals surface area contributed by atoms with Crippen LogP contribution in [0.1, 0.15) is 42.5 Å². The fourth-order valence-electron chi connectivity index (χ4n) is 2.47. The number of pyridine rings is 1. The van der Waals surface area contributed by atoms with Gasteiger partial charge < -0.3 is 5.32 Å². The van der Waals surface area contributed by atoms with Gasteiger partial charge in [-0.25, -0.2) is 0 Å². The van der Waals surface area contributed by atoms with Crippen molar-refractivity contribution in [3.63, 3.8) is 0 Å². The molecule has 0 fully saturated rings. The molecule has 2 aromatic heterocycles. The summed E-state index contributed by atoms with van der Waals surface area (Å²) in [5, 5.41) is 12.0. The van der Waals surface area contributed by atoms with E-state index in [1.807, 2.05) is 22.6 Å². The molecule has 6 heteroatoms. The van der Waals surface area contributed by atoms with Crippen LogP contribution in [0.25, 0.3) is 5.65 Å². The smallest absolute Gasteiger partial charge is 0.253 e. The molecule has 0 spiro atoms. The molecular weight excluding hydrogens is 324 g/mol. The zero-order valence-electron chi connectivity index (χ0n) is 13.9. The van der Waals surface area contributed by atoms with Crippen molar-refractivity contribution in [1.29, 1.82) is 0 Å². The molecule has 24 heavy (non-hydrogen) atoms. The van der Waals surface area contributed by atoms with Crippen LogP contribution in [0.15, 0.2) is 42.6 Å². The van der Waals surface area contributed by atoms with Crippen molar-refractivity contribution in [2.45, 2.75) is 32.7 Å². The van der Waals surface area contributed by atoms with Gasteiger partial charge in [-0.05, 0) is 29.8 Å². The van der Waals surface area contributed by atoms with Gasteiger partial charge in [-0.15, -0.1) is 10.2 Å². The molecule has 5 nitrogen and oxygen atoms in total. The zero-order valence-corrected chi connectivity index (χ0v) is 14.6. The second kappa shape index (κ2) is 6.24. The standard InChI is InChI=1S/C18H19ClN4O/c1-18(2,3)17-22-21-15-8-7-13(11-23(15)17)16(24)20-10-12-5-4-6-14(19)9-12/h4-9,11H,10H2,1-3H3,(H,20,24). The number of benzene rings is 1. The minimum Gasteiger partial charge on any atom is -0.348 e. The highest BCUT2D eigenvalue weighted by Gasteiger charge is 2.21. The number of carbonyl (C=O) groups is 1. The van der Waals surface area contributed by atoms with Crippen LogP contribution in [0.3, 0.4) is 0 Å². The van der Waals surface area contributed by atoms with Crippen molar-refractivity contribution < 1.29 is 4.79 Å². The first-order chi connectivity index (χ1) is 11.3. The predicted molar refractivity (Wildman–Crippen MR) is 94.3 cm³/mol. The lowest BCUT2D eigenvalue weighted by Gasteiger charge is -2.16. The van der Waals surface area contributed by atoms with E-state index in [2.05, 4.69) is 36.3 Å². The molecular formula is C18H19ClN4O. The lowest BCUT2D eigenvalue weighted by Crippen LogP contribution is -2.23. The second-order valence-corrected chi connectivity index (χ2v) is 7.17. The summed E-state index contributed by atoms with van der Waals surface area (Å²) < 4.78 is 1.87. The van der Waals surface area contributed by atoms with Crippen LogP contribution in [0.5, 0.6) is 0 Å². The van der Waals surface area contributed by atoms with Crippen LogP contribution < -0.4 is 5.32 Å². The van der Waals surface area contributed by atoms with Gasteiger partial charge in [-0.1, -0.05) is 44.5 Å². The first kappa shape index (κ1) is 16.5. The zero-order chi connectivity index (χ0) is 17.3. The van der Waals surface area contributed by atoms with Crippen LogP contribution in [0, 0.1) is 0 Å². The normalized spacial score (nSPS) is 11.7. The van der Waals surface area contributed by atoms with E-state index in [-0.39, 0.29) is 11.3 Å². The Bertz CT molecular complexity index is 895. The van der Waals surface area contributed by atoms with Crippen LogP contribution in [0.4, 0.5) is 0 Å². The lowest BCUT2D eigenvalue weighted by molar-refractivity contribution is 0.0950. The Morgan fingerprint density at radius 3 is 2.71 bits per heavy atom. The third-order valence-electron chi connectivity index (χ3n) is 3.68. The number of fused-ring (bicyclic) bond motifs is 1. The van der Waals surface area contributed by atoms with Crippen molar-refractivity contribution in [1.82, 2.24) is 19.9 Å². The largest absolute Gasteiger partial charge is 0.348 e. The number of halogens is 1. The number of hydrogen-bond donors (Lipinski definition) is 1. The Hall–Kier alpha value is -2.40. The molecule has 3 rings (SSSR count). The van der Waals surface area contributed by atoms with Crippen molar-refractivity contribution >= 4 is 23.2 Å². The second-order valence-electron chi connectivity index (χ2n) is 6.73. The average molecular weight is 343 g/mol. The van der Waals surface area contributed by atoms with Gasteiger partial charge in [0.1, 0.15) is 5.82 Å². The molecule has 0 aliphatic carbocycles. The van der Waals surface area contributed by atoms with E-state index in [1.54, 1.807) is 24.4 Å². The van der Waals surface area contributed by atoms with Gasteiger partial charge in [0.2, 0.25) is 0 Å². The highest BCUT2D eigenvalue weighted by molar-refractivity contribution is 6.30. The summed E-state index contributed by atoms with van der Waals surface area (Å²) in [6, 6.07) is 11.0. The van der Waals surface area contributed by atoms with Gasteiger partial charge in [-0.3, -0.25) is 9.20 Å². The van der Waals surface area contributed by atoms with Crippen LogP contribution in [-0.2, 0) is 12.0 Å². The van der Waals surface area contributed by atoms with Gasteiger partial charge in [-0.2, -0.15) is 0 Å². The number of hydrogen-bond acceptors (Lipinski definition) is 3.